The van der Waals surface area contributed by atoms with Crippen LogP contribution in [0.2, 0.25) is 0 Å². The van der Waals surface area contributed by atoms with Crippen molar-refractivity contribution in [2.24, 2.45) is 5.73 Å². The summed E-state index contributed by atoms with van der Waals surface area (Å²) in [5.74, 6) is 1.12. The Bertz CT molecular complexity index is 455. The lowest BCUT2D eigenvalue weighted by Crippen LogP contribution is -1.97. The molecule has 0 bridgehead atoms. The molecule has 1 heterocycles. The van der Waals surface area contributed by atoms with E-state index in [9.17, 15) is 0 Å². The van der Waals surface area contributed by atoms with Gasteiger partial charge in [0.25, 0.3) is 0 Å². The van der Waals surface area contributed by atoms with Crippen LogP contribution in [-0.2, 0) is 13.0 Å². The number of hydrogen-bond donors (Lipinski definition) is 1. The van der Waals surface area contributed by atoms with Crippen LogP contribution in [0.4, 0.5) is 0 Å². The predicted molar refractivity (Wildman–Crippen MR) is 59.1 cm³/mol. The van der Waals surface area contributed by atoms with Gasteiger partial charge in [0.1, 0.15) is 0 Å². The van der Waals surface area contributed by atoms with Crippen molar-refractivity contribution in [2.75, 3.05) is 0 Å². The molecule has 78 valence electrons. The maximum absolute atomic E-state index is 5.38. The summed E-state index contributed by atoms with van der Waals surface area (Å²) in [5.41, 5.74) is 6.51. The molecule has 4 nitrogen and oxygen atoms in total. The van der Waals surface area contributed by atoms with Crippen LogP contribution in [0.15, 0.2) is 33.3 Å². The summed E-state index contributed by atoms with van der Waals surface area (Å²) in [5, 5.41) is 3.84. The van der Waals surface area contributed by atoms with Gasteiger partial charge in [0.15, 0.2) is 5.82 Å². The molecule has 5 heteroatoms. The molecule has 0 unspecified atom stereocenters. The Kier molecular flexibility index (Phi) is 3.13. The van der Waals surface area contributed by atoms with E-state index in [4.69, 9.17) is 10.3 Å². The van der Waals surface area contributed by atoms with Gasteiger partial charge in [-0.15, -0.1) is 0 Å². The quantitative estimate of drug-likeness (QED) is 0.923. The van der Waals surface area contributed by atoms with Gasteiger partial charge < -0.3 is 10.3 Å². The van der Waals surface area contributed by atoms with Crippen molar-refractivity contribution >= 4 is 15.9 Å². The molecule has 0 aliphatic heterocycles. The fourth-order valence-corrected chi connectivity index (χ4v) is 1.68. The van der Waals surface area contributed by atoms with E-state index < -0.39 is 0 Å². The van der Waals surface area contributed by atoms with Crippen LogP contribution in [0.3, 0.4) is 0 Å². The summed E-state index contributed by atoms with van der Waals surface area (Å²) in [4.78, 5) is 4.14. The highest BCUT2D eigenvalue weighted by molar-refractivity contribution is 9.10. The van der Waals surface area contributed by atoms with E-state index in [1.807, 2.05) is 24.3 Å². The number of nitrogens with two attached hydrogens (primary N) is 1. The van der Waals surface area contributed by atoms with Crippen LogP contribution < -0.4 is 5.73 Å². The maximum atomic E-state index is 5.38. The third-order valence-electron chi connectivity index (χ3n) is 1.99. The monoisotopic (exact) mass is 267 g/mol. The molecule has 2 aromatic rings. The smallest absolute Gasteiger partial charge is 0.240 e. The van der Waals surface area contributed by atoms with Crippen molar-refractivity contribution in [2.45, 2.75) is 13.0 Å². The molecule has 0 aliphatic rings. The lowest BCUT2D eigenvalue weighted by atomic mass is 10.1. The first-order chi connectivity index (χ1) is 7.29. The Morgan fingerprint density at radius 2 is 2.13 bits per heavy atom. The molecule has 1 aromatic heterocycles. The summed E-state index contributed by atoms with van der Waals surface area (Å²) < 4.78 is 5.97. The fraction of sp³-hybridized carbons (Fsp3) is 0.200. The highest BCUT2D eigenvalue weighted by Gasteiger charge is 2.07. The Balaban J connectivity index is 2.18. The summed E-state index contributed by atoms with van der Waals surface area (Å²) in [6.07, 6.45) is 0.644. The van der Waals surface area contributed by atoms with Crippen LogP contribution in [0.25, 0.3) is 0 Å². The molecule has 2 N–H and O–H groups in total. The topological polar surface area (TPSA) is 64.9 Å². The Morgan fingerprint density at radius 1 is 1.33 bits per heavy atom. The van der Waals surface area contributed by atoms with Gasteiger partial charge in [-0.25, -0.2) is 0 Å². The zero-order chi connectivity index (χ0) is 10.7. The Labute approximate surface area is 95.6 Å². The first-order valence-electron chi connectivity index (χ1n) is 4.54. The van der Waals surface area contributed by atoms with E-state index in [-0.39, 0.29) is 6.54 Å². The summed E-state index contributed by atoms with van der Waals surface area (Å²) in [6, 6.07) is 7.95. The first-order valence-corrected chi connectivity index (χ1v) is 5.34. The molecule has 2 rings (SSSR count). The van der Waals surface area contributed by atoms with E-state index in [1.165, 1.54) is 0 Å². The second-order valence-corrected chi connectivity index (χ2v) is 3.93. The van der Waals surface area contributed by atoms with Crippen LogP contribution >= 0.6 is 15.9 Å². The third kappa shape index (κ3) is 2.43. The van der Waals surface area contributed by atoms with Gasteiger partial charge in [-0.05, 0) is 11.6 Å². The lowest BCUT2D eigenvalue weighted by Gasteiger charge is -1.99. The molecule has 0 aliphatic carbocycles. The molecule has 0 radical (unpaired) electrons. The number of benzene rings is 1. The van der Waals surface area contributed by atoms with Crippen LogP contribution in [0, 0.1) is 0 Å². The number of aromatic nitrogens is 2. The minimum atomic E-state index is 0.281. The highest BCUT2D eigenvalue weighted by atomic mass is 79.9. The van der Waals surface area contributed by atoms with Crippen molar-refractivity contribution < 1.29 is 4.52 Å². The van der Waals surface area contributed by atoms with Crippen LogP contribution in [0.5, 0.6) is 0 Å². The number of hydrogen-bond acceptors (Lipinski definition) is 4. The van der Waals surface area contributed by atoms with E-state index in [1.54, 1.807) is 0 Å². The summed E-state index contributed by atoms with van der Waals surface area (Å²) in [6.45, 7) is 0.281. The molecule has 1 aromatic carbocycles. The van der Waals surface area contributed by atoms with E-state index >= 15 is 0 Å². The highest BCUT2D eigenvalue weighted by Crippen LogP contribution is 2.18. The molecule has 0 spiro atoms. The molecule has 0 fully saturated rings. The van der Waals surface area contributed by atoms with Crippen LogP contribution in [0.1, 0.15) is 17.3 Å². The fourth-order valence-electron chi connectivity index (χ4n) is 1.26. The number of rotatable bonds is 3. The SMILES string of the molecule is NCc1nc(Cc2ccccc2Br)no1. The van der Waals surface area contributed by atoms with Gasteiger partial charge in [0.05, 0.1) is 6.54 Å². The Hall–Kier alpha value is -1.20. The number of halogens is 1. The summed E-state index contributed by atoms with van der Waals surface area (Å²) in [7, 11) is 0. The standard InChI is InChI=1S/C10H10BrN3O/c11-8-4-2-1-3-7(8)5-9-13-10(6-12)15-14-9/h1-4H,5-6,12H2. The Morgan fingerprint density at radius 3 is 2.80 bits per heavy atom. The van der Waals surface area contributed by atoms with E-state index in [2.05, 4.69) is 26.1 Å². The minimum absolute atomic E-state index is 0.281. The van der Waals surface area contributed by atoms with Crippen molar-refractivity contribution in [3.05, 3.63) is 46.0 Å². The molecule has 0 atom stereocenters. The second kappa shape index (κ2) is 4.55. The minimum Gasteiger partial charge on any atom is -0.338 e. The zero-order valence-corrected chi connectivity index (χ0v) is 9.57. The largest absolute Gasteiger partial charge is 0.338 e. The average molecular weight is 268 g/mol. The van der Waals surface area contributed by atoms with Gasteiger partial charge in [0, 0.05) is 10.9 Å². The number of nitrogens with zero attached hydrogens (tertiary/aromatic N) is 2. The molecule has 0 amide bonds. The van der Waals surface area contributed by atoms with Gasteiger partial charge in [-0.2, -0.15) is 4.98 Å². The van der Waals surface area contributed by atoms with Gasteiger partial charge in [-0.1, -0.05) is 39.3 Å². The lowest BCUT2D eigenvalue weighted by molar-refractivity contribution is 0.375. The molecule has 0 saturated heterocycles. The summed E-state index contributed by atoms with van der Waals surface area (Å²) >= 11 is 3.47. The second-order valence-electron chi connectivity index (χ2n) is 3.08. The first kappa shape index (κ1) is 10.3. The molecule has 0 saturated carbocycles. The van der Waals surface area contributed by atoms with Crippen molar-refractivity contribution in [3.63, 3.8) is 0 Å². The predicted octanol–water partition coefficient (Wildman–Crippen LogP) is 1.88. The van der Waals surface area contributed by atoms with Crippen molar-refractivity contribution in [3.8, 4) is 0 Å². The normalized spacial score (nSPS) is 10.5. The molecular weight excluding hydrogens is 258 g/mol. The van der Waals surface area contributed by atoms with E-state index in [0.717, 1.165) is 10.0 Å². The van der Waals surface area contributed by atoms with Gasteiger partial charge in [-0.3, -0.25) is 0 Å². The average Bonchev–Trinajstić information content (AvgIpc) is 2.69. The van der Waals surface area contributed by atoms with Crippen molar-refractivity contribution in [1.82, 2.24) is 10.1 Å². The van der Waals surface area contributed by atoms with Gasteiger partial charge >= 0.3 is 0 Å². The zero-order valence-electron chi connectivity index (χ0n) is 7.98. The maximum Gasteiger partial charge on any atom is 0.240 e. The molecular formula is C10H10BrN3O. The van der Waals surface area contributed by atoms with Crippen LogP contribution in [-0.4, -0.2) is 10.1 Å². The third-order valence-corrected chi connectivity index (χ3v) is 2.76. The van der Waals surface area contributed by atoms with Gasteiger partial charge in [0.2, 0.25) is 5.89 Å². The van der Waals surface area contributed by atoms with E-state index in [0.29, 0.717) is 18.1 Å². The molecule has 15 heavy (non-hydrogen) atoms. The van der Waals surface area contributed by atoms with Crippen molar-refractivity contribution in [1.29, 1.82) is 0 Å².